The molecule has 0 fully saturated rings. The standard InChI is InChI=1S/C11H11ClN6/c1-2-17-4-3-9(16-17)18-10-7(12)5-14-6-8(10)15-11(18)13/h3-6H,2H2,1H3,(H2,13,15). The molecular formula is C11H11ClN6. The van der Waals surface area contributed by atoms with Crippen LogP contribution in [-0.2, 0) is 6.54 Å². The van der Waals surface area contributed by atoms with Gasteiger partial charge in [-0.05, 0) is 6.92 Å². The summed E-state index contributed by atoms with van der Waals surface area (Å²) < 4.78 is 3.54. The highest BCUT2D eigenvalue weighted by Gasteiger charge is 2.14. The van der Waals surface area contributed by atoms with Crippen LogP contribution in [0.4, 0.5) is 5.95 Å². The van der Waals surface area contributed by atoms with Crippen LogP contribution in [0.25, 0.3) is 16.9 Å². The Balaban J connectivity index is 2.30. The molecule has 0 aliphatic carbocycles. The molecule has 3 heterocycles. The molecule has 0 bridgehead atoms. The fraction of sp³-hybridized carbons (Fsp3) is 0.182. The van der Waals surface area contributed by atoms with E-state index in [1.807, 2.05) is 23.9 Å². The number of imidazole rings is 1. The zero-order chi connectivity index (χ0) is 12.7. The van der Waals surface area contributed by atoms with E-state index < -0.39 is 0 Å². The van der Waals surface area contributed by atoms with Gasteiger partial charge in [-0.15, -0.1) is 0 Å². The molecule has 18 heavy (non-hydrogen) atoms. The molecule has 0 radical (unpaired) electrons. The molecule has 92 valence electrons. The molecule has 6 nitrogen and oxygen atoms in total. The predicted molar refractivity (Wildman–Crippen MR) is 69.7 cm³/mol. The molecular weight excluding hydrogens is 252 g/mol. The summed E-state index contributed by atoms with van der Waals surface area (Å²) in [5.74, 6) is 1.05. The number of aromatic nitrogens is 5. The van der Waals surface area contributed by atoms with Gasteiger partial charge in [0, 0.05) is 25.0 Å². The minimum atomic E-state index is 0.348. The second-order valence-corrected chi connectivity index (χ2v) is 4.23. The highest BCUT2D eigenvalue weighted by atomic mass is 35.5. The van der Waals surface area contributed by atoms with Crippen molar-refractivity contribution < 1.29 is 0 Å². The highest BCUT2D eigenvalue weighted by Crippen LogP contribution is 2.27. The van der Waals surface area contributed by atoms with E-state index >= 15 is 0 Å². The molecule has 0 spiro atoms. The largest absolute Gasteiger partial charge is 0.369 e. The molecule has 0 atom stereocenters. The first-order valence-corrected chi connectivity index (χ1v) is 5.89. The summed E-state index contributed by atoms with van der Waals surface area (Å²) in [6.45, 7) is 2.81. The molecule has 0 aliphatic rings. The number of aryl methyl sites for hydroxylation is 1. The van der Waals surface area contributed by atoms with Gasteiger partial charge in [-0.1, -0.05) is 11.6 Å². The van der Waals surface area contributed by atoms with Gasteiger partial charge in [0.05, 0.1) is 16.7 Å². The zero-order valence-electron chi connectivity index (χ0n) is 9.71. The van der Waals surface area contributed by atoms with Gasteiger partial charge in [-0.3, -0.25) is 14.2 Å². The van der Waals surface area contributed by atoms with Crippen LogP contribution >= 0.6 is 11.6 Å². The van der Waals surface area contributed by atoms with Gasteiger partial charge in [0.25, 0.3) is 0 Å². The first kappa shape index (κ1) is 11.0. The van der Waals surface area contributed by atoms with Crippen LogP contribution in [0.5, 0.6) is 0 Å². The van der Waals surface area contributed by atoms with Gasteiger partial charge < -0.3 is 5.73 Å². The van der Waals surface area contributed by atoms with Crippen LogP contribution in [-0.4, -0.2) is 24.3 Å². The zero-order valence-corrected chi connectivity index (χ0v) is 10.5. The average molecular weight is 263 g/mol. The molecule has 7 heteroatoms. The Morgan fingerprint density at radius 3 is 2.94 bits per heavy atom. The third kappa shape index (κ3) is 1.53. The lowest BCUT2D eigenvalue weighted by molar-refractivity contribution is 0.654. The third-order valence-corrected chi connectivity index (χ3v) is 3.00. The minimum absolute atomic E-state index is 0.348. The van der Waals surface area contributed by atoms with Crippen molar-refractivity contribution in [2.75, 3.05) is 5.73 Å². The monoisotopic (exact) mass is 262 g/mol. The Morgan fingerprint density at radius 2 is 2.22 bits per heavy atom. The summed E-state index contributed by atoms with van der Waals surface area (Å²) >= 11 is 6.15. The number of anilines is 1. The number of rotatable bonds is 2. The predicted octanol–water partition coefficient (Wildman–Crippen LogP) is 1.87. The first-order valence-electron chi connectivity index (χ1n) is 5.52. The Kier molecular flexibility index (Phi) is 2.45. The van der Waals surface area contributed by atoms with Crippen molar-refractivity contribution in [3.05, 3.63) is 29.7 Å². The van der Waals surface area contributed by atoms with Crippen molar-refractivity contribution in [3.8, 4) is 5.82 Å². The minimum Gasteiger partial charge on any atom is -0.369 e. The van der Waals surface area contributed by atoms with E-state index in [4.69, 9.17) is 17.3 Å². The van der Waals surface area contributed by atoms with Crippen molar-refractivity contribution >= 4 is 28.6 Å². The number of halogens is 1. The quantitative estimate of drug-likeness (QED) is 0.765. The maximum atomic E-state index is 6.15. The van der Waals surface area contributed by atoms with Crippen LogP contribution < -0.4 is 5.73 Å². The normalized spacial score (nSPS) is 11.2. The van der Waals surface area contributed by atoms with E-state index in [1.165, 1.54) is 0 Å². The summed E-state index contributed by atoms with van der Waals surface area (Å²) in [4.78, 5) is 8.22. The molecule has 3 aromatic heterocycles. The highest BCUT2D eigenvalue weighted by molar-refractivity contribution is 6.34. The van der Waals surface area contributed by atoms with Crippen molar-refractivity contribution in [1.29, 1.82) is 0 Å². The smallest absolute Gasteiger partial charge is 0.207 e. The van der Waals surface area contributed by atoms with Crippen LogP contribution in [0.2, 0.25) is 5.02 Å². The summed E-state index contributed by atoms with van der Waals surface area (Å²) in [7, 11) is 0. The topological polar surface area (TPSA) is 74.5 Å². The number of pyridine rings is 1. The summed E-state index contributed by atoms with van der Waals surface area (Å²) in [5.41, 5.74) is 7.31. The van der Waals surface area contributed by atoms with E-state index in [0.29, 0.717) is 22.3 Å². The van der Waals surface area contributed by atoms with E-state index in [0.717, 1.165) is 12.1 Å². The molecule has 0 saturated heterocycles. The molecule has 0 aromatic carbocycles. The van der Waals surface area contributed by atoms with Crippen LogP contribution in [0.1, 0.15) is 6.92 Å². The Labute approximate surface area is 108 Å². The number of hydrogen-bond acceptors (Lipinski definition) is 4. The Morgan fingerprint density at radius 1 is 1.39 bits per heavy atom. The van der Waals surface area contributed by atoms with Gasteiger partial charge in [-0.2, -0.15) is 5.10 Å². The van der Waals surface area contributed by atoms with Crippen LogP contribution in [0.3, 0.4) is 0 Å². The van der Waals surface area contributed by atoms with Crippen LogP contribution in [0, 0.1) is 0 Å². The maximum absolute atomic E-state index is 6.15. The van der Waals surface area contributed by atoms with Crippen LogP contribution in [0.15, 0.2) is 24.7 Å². The molecule has 0 amide bonds. The number of hydrogen-bond donors (Lipinski definition) is 1. The number of nitrogen functional groups attached to an aromatic ring is 1. The fourth-order valence-corrected chi connectivity index (χ4v) is 2.13. The molecule has 2 N–H and O–H groups in total. The van der Waals surface area contributed by atoms with Gasteiger partial charge >= 0.3 is 0 Å². The maximum Gasteiger partial charge on any atom is 0.207 e. The van der Waals surface area contributed by atoms with Crippen molar-refractivity contribution in [2.24, 2.45) is 0 Å². The third-order valence-electron chi connectivity index (χ3n) is 2.72. The first-order chi connectivity index (χ1) is 8.70. The number of nitrogens with two attached hydrogens (primary N) is 1. The summed E-state index contributed by atoms with van der Waals surface area (Å²) in [6, 6.07) is 1.87. The fourth-order valence-electron chi connectivity index (χ4n) is 1.89. The molecule has 3 aromatic rings. The van der Waals surface area contributed by atoms with E-state index in [1.54, 1.807) is 17.0 Å². The van der Waals surface area contributed by atoms with E-state index in [-0.39, 0.29) is 0 Å². The van der Waals surface area contributed by atoms with Crippen molar-refractivity contribution in [1.82, 2.24) is 24.3 Å². The lowest BCUT2D eigenvalue weighted by atomic mass is 10.4. The van der Waals surface area contributed by atoms with Gasteiger partial charge in [0.2, 0.25) is 5.95 Å². The van der Waals surface area contributed by atoms with Crippen molar-refractivity contribution in [2.45, 2.75) is 13.5 Å². The lowest BCUT2D eigenvalue weighted by Gasteiger charge is -2.03. The second kappa shape index (κ2) is 3.99. The second-order valence-electron chi connectivity index (χ2n) is 3.82. The SMILES string of the molecule is CCn1ccc(-n2c(N)nc3cncc(Cl)c32)n1. The van der Waals surface area contributed by atoms with Crippen molar-refractivity contribution in [3.63, 3.8) is 0 Å². The number of fused-ring (bicyclic) bond motifs is 1. The Hall–Kier alpha value is -2.08. The summed E-state index contributed by atoms with van der Waals surface area (Å²) in [5, 5.41) is 4.91. The van der Waals surface area contributed by atoms with Gasteiger partial charge in [-0.25, -0.2) is 4.98 Å². The lowest BCUT2D eigenvalue weighted by Crippen LogP contribution is -2.03. The molecule has 0 aliphatic heterocycles. The summed E-state index contributed by atoms with van der Waals surface area (Å²) in [6.07, 6.45) is 5.08. The van der Waals surface area contributed by atoms with Gasteiger partial charge in [0.1, 0.15) is 5.52 Å². The number of nitrogens with zero attached hydrogens (tertiary/aromatic N) is 5. The van der Waals surface area contributed by atoms with E-state index in [2.05, 4.69) is 15.1 Å². The Bertz CT molecular complexity index is 713. The van der Waals surface area contributed by atoms with E-state index in [9.17, 15) is 0 Å². The molecule has 0 saturated carbocycles. The molecule has 3 rings (SSSR count). The average Bonchev–Trinajstić information content (AvgIpc) is 2.92. The van der Waals surface area contributed by atoms with Gasteiger partial charge in [0.15, 0.2) is 5.82 Å². The molecule has 0 unspecified atom stereocenters.